The van der Waals surface area contributed by atoms with E-state index in [0.717, 1.165) is 25.0 Å². The van der Waals surface area contributed by atoms with Crippen LogP contribution in [-0.2, 0) is 19.6 Å². The molecule has 1 saturated heterocycles. The molecule has 4 aliphatic rings. The molecule has 4 heterocycles. The molecule has 290 valence electrons. The number of urea groups is 1. The predicted octanol–water partition coefficient (Wildman–Crippen LogP) is 4.38. The van der Waals surface area contributed by atoms with Crippen molar-refractivity contribution < 1.29 is 37.0 Å². The van der Waals surface area contributed by atoms with Gasteiger partial charge in [0.25, 0.3) is 5.91 Å². The minimum atomic E-state index is -3.96. The molecule has 54 heavy (non-hydrogen) atoms. The van der Waals surface area contributed by atoms with E-state index >= 15 is 0 Å². The number of sulfonamides is 1. The van der Waals surface area contributed by atoms with Crippen LogP contribution >= 0.6 is 11.3 Å². The van der Waals surface area contributed by atoms with Gasteiger partial charge in [0.15, 0.2) is 10.8 Å². The molecule has 0 radical (unpaired) electrons. The van der Waals surface area contributed by atoms with E-state index in [0.29, 0.717) is 52.6 Å². The fourth-order valence-electron chi connectivity index (χ4n) is 7.05. The summed E-state index contributed by atoms with van der Waals surface area (Å²) in [5.41, 5.74) is -0.0862. The van der Waals surface area contributed by atoms with Gasteiger partial charge < -0.3 is 29.3 Å². The Balaban J connectivity index is 1.22. The highest BCUT2D eigenvalue weighted by atomic mass is 32.2. The van der Waals surface area contributed by atoms with Crippen LogP contribution in [0.25, 0.3) is 21.7 Å². The van der Waals surface area contributed by atoms with Crippen molar-refractivity contribution in [1.82, 2.24) is 34.8 Å². The van der Waals surface area contributed by atoms with Gasteiger partial charge in [-0.15, -0.1) is 11.3 Å². The predicted molar refractivity (Wildman–Crippen MR) is 202 cm³/mol. The van der Waals surface area contributed by atoms with Gasteiger partial charge in [0.2, 0.25) is 21.8 Å². The lowest BCUT2D eigenvalue weighted by atomic mass is 10.1. The Kier molecular flexibility index (Phi) is 10.00. The van der Waals surface area contributed by atoms with Crippen LogP contribution in [0.5, 0.6) is 17.4 Å². The molecule has 7 rings (SSSR count). The minimum Gasteiger partial charge on any atom is -0.497 e. The Labute approximate surface area is 318 Å². The molecule has 3 aromatic rings. The van der Waals surface area contributed by atoms with Crippen molar-refractivity contribution in [3.05, 3.63) is 35.4 Å². The third kappa shape index (κ3) is 7.07. The van der Waals surface area contributed by atoms with Crippen LogP contribution in [-0.4, -0.2) is 108 Å². The molecule has 2 aromatic heterocycles. The number of carbonyl (C=O) groups excluding carboxylic acids is 3. The number of allylic oxidation sites excluding steroid dienone is 1. The van der Waals surface area contributed by atoms with Crippen molar-refractivity contribution in [3.63, 3.8) is 0 Å². The molecule has 4 amide bonds. The van der Waals surface area contributed by atoms with Gasteiger partial charge in [-0.3, -0.25) is 14.3 Å². The number of likely N-dealkylation sites (N-methyl/N-ethyl adjacent to an activating group) is 1. The summed E-state index contributed by atoms with van der Waals surface area (Å²) in [6, 6.07) is 1.87. The maximum Gasteiger partial charge on any atom is 0.319 e. The van der Waals surface area contributed by atoms with E-state index in [1.165, 1.54) is 23.3 Å². The Morgan fingerprint density at radius 2 is 1.89 bits per heavy atom. The van der Waals surface area contributed by atoms with Crippen LogP contribution in [0, 0.1) is 5.92 Å². The van der Waals surface area contributed by atoms with E-state index in [1.54, 1.807) is 38.1 Å². The first-order valence-electron chi connectivity index (χ1n) is 18.3. The topological polar surface area (TPSA) is 182 Å². The van der Waals surface area contributed by atoms with Gasteiger partial charge >= 0.3 is 6.03 Å². The molecule has 0 unspecified atom stereocenters. The van der Waals surface area contributed by atoms with Gasteiger partial charge in [-0.25, -0.2) is 23.2 Å². The number of aromatic nitrogens is 3. The van der Waals surface area contributed by atoms with Crippen LogP contribution in [0.1, 0.15) is 77.3 Å². The van der Waals surface area contributed by atoms with E-state index in [9.17, 15) is 22.8 Å². The summed E-state index contributed by atoms with van der Waals surface area (Å²) in [4.78, 5) is 59.5. The first kappa shape index (κ1) is 37.8. The van der Waals surface area contributed by atoms with E-state index < -0.39 is 50.3 Å². The van der Waals surface area contributed by atoms with Gasteiger partial charge in [0.05, 0.1) is 36.7 Å². The fourth-order valence-corrected chi connectivity index (χ4v) is 9.27. The van der Waals surface area contributed by atoms with Crippen molar-refractivity contribution in [2.75, 3.05) is 34.4 Å². The van der Waals surface area contributed by atoms with Crippen LogP contribution in [0.4, 0.5) is 4.79 Å². The first-order valence-corrected chi connectivity index (χ1v) is 20.7. The van der Waals surface area contributed by atoms with Crippen molar-refractivity contribution in [2.45, 2.75) is 94.1 Å². The largest absolute Gasteiger partial charge is 0.497 e. The van der Waals surface area contributed by atoms with Gasteiger partial charge in [-0.2, -0.15) is 4.98 Å². The third-order valence-corrected chi connectivity index (χ3v) is 14.0. The monoisotopic (exact) mass is 781 g/mol. The fraction of sp³-hybridized carbons (Fsp3) is 0.568. The molecular formula is C37H47N7O8S2. The SMILES string of the molecule is COc1cc(OC)c2c(O[C@H]3C[C@H]4C(=O)N(C)CCCC/C=C\[C@@H]5C[C@@]5(C(=O)NS(=O)(=O)C5(C)CC5)NC(=O)N4C3)nc(-c3nc(C(C)C)cs3)nc2c1. The molecule has 0 spiro atoms. The Hall–Kier alpha value is -4.51. The number of carbonyl (C=O) groups is 3. The highest BCUT2D eigenvalue weighted by molar-refractivity contribution is 7.91. The van der Waals surface area contributed by atoms with E-state index in [2.05, 4.69) is 23.9 Å². The zero-order valence-corrected chi connectivity index (χ0v) is 33.0. The normalized spacial score (nSPS) is 26.0. The lowest BCUT2D eigenvalue weighted by Gasteiger charge is -2.30. The highest BCUT2D eigenvalue weighted by Gasteiger charge is 2.63. The van der Waals surface area contributed by atoms with Crippen LogP contribution in [0.15, 0.2) is 29.7 Å². The molecular weight excluding hydrogens is 735 g/mol. The van der Waals surface area contributed by atoms with Gasteiger partial charge in [0.1, 0.15) is 34.6 Å². The molecule has 17 heteroatoms. The van der Waals surface area contributed by atoms with Gasteiger partial charge in [-0.1, -0.05) is 26.0 Å². The Morgan fingerprint density at radius 3 is 2.57 bits per heavy atom. The minimum absolute atomic E-state index is 0.0152. The summed E-state index contributed by atoms with van der Waals surface area (Å²) in [6.07, 6.45) is 6.68. The maximum atomic E-state index is 14.3. The first-order chi connectivity index (χ1) is 25.7. The summed E-state index contributed by atoms with van der Waals surface area (Å²) >= 11 is 1.42. The van der Waals surface area contributed by atoms with Crippen LogP contribution in [0.2, 0.25) is 0 Å². The Morgan fingerprint density at radius 1 is 1.11 bits per heavy atom. The van der Waals surface area contributed by atoms with E-state index in [4.69, 9.17) is 29.2 Å². The van der Waals surface area contributed by atoms with Crippen molar-refractivity contribution in [3.8, 4) is 28.2 Å². The number of nitrogens with one attached hydrogen (secondary N) is 2. The maximum absolute atomic E-state index is 14.3. The van der Waals surface area contributed by atoms with Crippen LogP contribution < -0.4 is 24.2 Å². The molecule has 2 aliphatic heterocycles. The summed E-state index contributed by atoms with van der Waals surface area (Å²) in [6.45, 7) is 6.20. The van der Waals surface area contributed by atoms with Gasteiger partial charge in [0, 0.05) is 43.4 Å². The average molecular weight is 782 g/mol. The van der Waals surface area contributed by atoms with Crippen molar-refractivity contribution in [2.24, 2.45) is 5.92 Å². The molecule has 0 bridgehead atoms. The van der Waals surface area contributed by atoms with Crippen molar-refractivity contribution >= 4 is 50.1 Å². The lowest BCUT2D eigenvalue weighted by Crippen LogP contribution is -2.58. The number of methoxy groups -OCH3 is 2. The second-order valence-electron chi connectivity index (χ2n) is 15.2. The third-order valence-electron chi connectivity index (χ3n) is 11.0. The number of thiazole rings is 1. The number of fused-ring (bicyclic) bond motifs is 3. The number of nitrogens with zero attached hydrogens (tertiary/aromatic N) is 5. The number of hydrogen-bond donors (Lipinski definition) is 2. The summed E-state index contributed by atoms with van der Waals surface area (Å²) in [5.74, 6) is 0.210. The van der Waals surface area contributed by atoms with Gasteiger partial charge in [-0.05, 0) is 51.4 Å². The number of benzene rings is 1. The number of amides is 4. The summed E-state index contributed by atoms with van der Waals surface area (Å²) in [7, 11) is 0.823. The van der Waals surface area contributed by atoms with Crippen molar-refractivity contribution in [1.29, 1.82) is 0 Å². The number of hydrogen-bond acceptors (Lipinski definition) is 12. The number of ether oxygens (including phenoxy) is 3. The standard InChI is InChI=1S/C37H47N7O8S2/c1-21(2)26-20-53-32(39-26)30-38-25-15-23(50-5)17-28(51-6)29(25)31(40-30)52-24-16-27-33(45)43(4)14-10-8-7-9-11-22-18-37(22,41-35(47)44(27)19-24)34(46)42-54(48,49)36(3)12-13-36/h9,11,15,17,20-22,24,27H,7-8,10,12-14,16,18-19H2,1-6H3,(H,41,47)(H,42,46)/b11-9-/t22-,24+,27+,37-/m1/s1. The molecule has 2 N–H and O–H groups in total. The smallest absolute Gasteiger partial charge is 0.319 e. The Bertz CT molecular complexity index is 2120. The molecule has 3 fully saturated rings. The molecule has 4 atom stereocenters. The number of rotatable bonds is 9. The van der Waals surface area contributed by atoms with E-state index in [1.807, 2.05) is 17.5 Å². The van der Waals surface area contributed by atoms with E-state index in [-0.39, 0.29) is 37.1 Å². The van der Waals surface area contributed by atoms with Crippen LogP contribution in [0.3, 0.4) is 0 Å². The quantitative estimate of drug-likeness (QED) is 0.294. The summed E-state index contributed by atoms with van der Waals surface area (Å²) in [5, 5.41) is 5.93. The highest BCUT2D eigenvalue weighted by Crippen LogP contribution is 2.48. The molecule has 2 saturated carbocycles. The zero-order chi connectivity index (χ0) is 38.6. The zero-order valence-electron chi connectivity index (χ0n) is 31.4. The second kappa shape index (κ2) is 14.3. The summed E-state index contributed by atoms with van der Waals surface area (Å²) < 4.78 is 45.4. The molecule has 1 aromatic carbocycles. The average Bonchev–Trinajstić information content (AvgIpc) is 3.91. The lowest BCUT2D eigenvalue weighted by molar-refractivity contribution is -0.134. The second-order valence-corrected chi connectivity index (χ2v) is 18.3. The molecule has 2 aliphatic carbocycles. The molecule has 15 nitrogen and oxygen atoms in total.